The molecule has 0 amide bonds. The van der Waals surface area contributed by atoms with Crippen LogP contribution in [0.3, 0.4) is 0 Å². The van der Waals surface area contributed by atoms with Crippen molar-refractivity contribution in [3.8, 4) is 0 Å². The van der Waals surface area contributed by atoms with E-state index in [0.717, 1.165) is 55.8 Å². The van der Waals surface area contributed by atoms with Crippen LogP contribution in [-0.4, -0.2) is 52.8 Å². The normalized spacial score (nSPS) is 16.7. The highest BCUT2D eigenvalue weighted by atomic mass is 35.5. The minimum atomic E-state index is 0.360. The fourth-order valence-electron chi connectivity index (χ4n) is 5.67. The summed E-state index contributed by atoms with van der Waals surface area (Å²) in [6.07, 6.45) is 18.1. The Morgan fingerprint density at radius 1 is 1.19 bits per heavy atom. The molecule has 1 spiro atoms. The van der Waals surface area contributed by atoms with Gasteiger partial charge in [-0.25, -0.2) is 15.0 Å². The summed E-state index contributed by atoms with van der Waals surface area (Å²) in [7, 11) is 1.77. The van der Waals surface area contributed by atoms with Crippen LogP contribution in [0.25, 0.3) is 0 Å². The lowest BCUT2D eigenvalue weighted by Crippen LogP contribution is -2.37. The van der Waals surface area contributed by atoms with E-state index in [1.54, 1.807) is 25.7 Å². The van der Waals surface area contributed by atoms with Gasteiger partial charge in [0.2, 0.25) is 0 Å². The monoisotopic (exact) mass is 605 g/mol. The van der Waals surface area contributed by atoms with E-state index < -0.39 is 0 Å². The number of hydrogen-bond acceptors (Lipinski definition) is 10. The zero-order chi connectivity index (χ0) is 29.4. The first-order valence-corrected chi connectivity index (χ1v) is 15.8. The van der Waals surface area contributed by atoms with Crippen LogP contribution in [0.2, 0.25) is 5.02 Å². The Bertz CT molecular complexity index is 1420. The van der Waals surface area contributed by atoms with Gasteiger partial charge in [-0.1, -0.05) is 42.4 Å². The third-order valence-electron chi connectivity index (χ3n) is 7.99. The van der Waals surface area contributed by atoms with E-state index in [-0.39, 0.29) is 0 Å². The minimum Gasteiger partial charge on any atom is -0.381 e. The highest BCUT2D eigenvalue weighted by molar-refractivity contribution is 7.99. The molecule has 1 aliphatic heterocycles. The molecule has 3 aromatic rings. The van der Waals surface area contributed by atoms with Crippen LogP contribution in [0.4, 0.5) is 17.5 Å². The lowest BCUT2D eigenvalue weighted by Gasteiger charge is -2.33. The third kappa shape index (κ3) is 7.79. The second-order valence-corrected chi connectivity index (χ2v) is 12.7. The van der Waals surface area contributed by atoms with Crippen LogP contribution in [-0.2, 0) is 19.4 Å². The van der Waals surface area contributed by atoms with Crippen LogP contribution in [0.15, 0.2) is 57.8 Å². The first-order valence-electron chi connectivity index (χ1n) is 14.6. The van der Waals surface area contributed by atoms with Crippen LogP contribution >= 0.6 is 23.4 Å². The minimum absolute atomic E-state index is 0.360. The van der Waals surface area contributed by atoms with Crippen molar-refractivity contribution in [2.45, 2.75) is 61.9 Å². The lowest BCUT2D eigenvalue weighted by atomic mass is 9.77. The van der Waals surface area contributed by atoms with Crippen molar-refractivity contribution in [2.24, 2.45) is 16.3 Å². The molecule has 0 radical (unpaired) electrons. The maximum Gasteiger partial charge on any atom is 0.158 e. The molecule has 2 aliphatic rings. The average molecular weight is 606 g/mol. The molecule has 222 valence electrons. The summed E-state index contributed by atoms with van der Waals surface area (Å²) >= 11 is 8.15. The molecule has 1 fully saturated rings. The van der Waals surface area contributed by atoms with Crippen molar-refractivity contribution in [2.75, 3.05) is 43.0 Å². The van der Waals surface area contributed by atoms with E-state index in [2.05, 4.69) is 55.0 Å². The first kappa shape index (κ1) is 30.3. The largest absolute Gasteiger partial charge is 0.381 e. The number of nitrogen functional groups attached to an aromatic ring is 1. The summed E-state index contributed by atoms with van der Waals surface area (Å²) in [5.74, 6) is 2.13. The highest BCUT2D eigenvalue weighted by Gasteiger charge is 2.38. The predicted molar refractivity (Wildman–Crippen MR) is 174 cm³/mol. The second kappa shape index (κ2) is 14.3. The van der Waals surface area contributed by atoms with Crippen molar-refractivity contribution < 1.29 is 0 Å². The van der Waals surface area contributed by atoms with Gasteiger partial charge >= 0.3 is 0 Å². The number of anilines is 3. The SMILES string of the molecule is C/N=C\C=C/C(C)CCCNc1cnc(Sc2ccnc(NCc3cnc4c(c3)CC3(CCNCC3)C4)c2Cl)c(N)n1. The Kier molecular flexibility index (Phi) is 10.3. The number of hydrogen-bond donors (Lipinski definition) is 4. The fourth-order valence-corrected chi connectivity index (χ4v) is 6.74. The summed E-state index contributed by atoms with van der Waals surface area (Å²) in [6, 6.07) is 4.16. The molecule has 9 nitrogen and oxygen atoms in total. The number of aromatic nitrogens is 4. The maximum atomic E-state index is 6.77. The molecule has 5 rings (SSSR count). The molecular formula is C31H40ClN9S. The van der Waals surface area contributed by atoms with E-state index in [0.29, 0.717) is 45.4 Å². The predicted octanol–water partition coefficient (Wildman–Crippen LogP) is 5.82. The number of fused-ring (bicyclic) bond motifs is 1. The Labute approximate surface area is 257 Å². The van der Waals surface area contributed by atoms with E-state index in [4.69, 9.17) is 22.3 Å². The number of piperidine rings is 1. The van der Waals surface area contributed by atoms with Crippen molar-refractivity contribution in [1.29, 1.82) is 0 Å². The summed E-state index contributed by atoms with van der Waals surface area (Å²) in [6.45, 7) is 5.80. The standard InChI is InChI=1S/C31H40ClN9S/c1-21(5-3-10-34-2)6-4-11-36-26-20-40-30(28(33)41-26)42-25-7-12-37-29(27(25)32)39-19-22-15-23-16-31(8-13-35-14-9-31)17-24(23)38-18-22/h3,5,7,10,12,15,18,20-21,35H,4,6,8-9,11,13-14,16-17,19H2,1-2H3,(H,37,39)(H3,33,36,41)/b5-3-,34-10-. The van der Waals surface area contributed by atoms with Gasteiger partial charge in [0.1, 0.15) is 16.7 Å². The number of allylic oxidation sites excluding steroid dienone is 2. The van der Waals surface area contributed by atoms with Crippen molar-refractivity contribution in [3.63, 3.8) is 0 Å². The zero-order valence-electron chi connectivity index (χ0n) is 24.4. The quantitative estimate of drug-likeness (QED) is 0.149. The topological polar surface area (TPSA) is 126 Å². The van der Waals surface area contributed by atoms with Crippen LogP contribution in [0.1, 0.15) is 49.4 Å². The van der Waals surface area contributed by atoms with Crippen molar-refractivity contribution in [3.05, 3.63) is 64.7 Å². The summed E-state index contributed by atoms with van der Waals surface area (Å²) in [4.78, 5) is 23.1. The molecule has 0 bridgehead atoms. The van der Waals surface area contributed by atoms with Gasteiger partial charge in [-0.05, 0) is 86.2 Å². The Hall–Kier alpha value is -3.21. The van der Waals surface area contributed by atoms with Gasteiger partial charge in [-0.15, -0.1) is 0 Å². The zero-order valence-corrected chi connectivity index (χ0v) is 25.9. The second-order valence-electron chi connectivity index (χ2n) is 11.3. The highest BCUT2D eigenvalue weighted by Crippen LogP contribution is 2.43. The van der Waals surface area contributed by atoms with Gasteiger partial charge in [0, 0.05) is 49.3 Å². The number of nitrogens with zero attached hydrogens (tertiary/aromatic N) is 5. The Morgan fingerprint density at radius 2 is 2.05 bits per heavy atom. The third-order valence-corrected chi connectivity index (χ3v) is 9.55. The van der Waals surface area contributed by atoms with E-state index in [1.807, 2.05) is 18.3 Å². The summed E-state index contributed by atoms with van der Waals surface area (Å²) in [5.41, 5.74) is 10.4. The molecule has 1 aliphatic carbocycles. The lowest BCUT2D eigenvalue weighted by molar-refractivity contribution is 0.215. The van der Waals surface area contributed by atoms with Gasteiger partial charge < -0.3 is 21.7 Å². The van der Waals surface area contributed by atoms with Gasteiger partial charge in [-0.2, -0.15) is 0 Å². The molecule has 11 heteroatoms. The fraction of sp³-hybridized carbons (Fsp3) is 0.452. The average Bonchev–Trinajstić information content (AvgIpc) is 3.33. The molecule has 4 heterocycles. The van der Waals surface area contributed by atoms with Crippen LogP contribution in [0.5, 0.6) is 0 Å². The Balaban J connectivity index is 1.14. The number of pyridine rings is 2. The molecule has 3 aromatic heterocycles. The molecule has 0 saturated carbocycles. The number of nitrogens with two attached hydrogens (primary N) is 1. The number of aliphatic imine (C=N–C) groups is 1. The smallest absolute Gasteiger partial charge is 0.158 e. The van der Waals surface area contributed by atoms with Gasteiger partial charge in [0.25, 0.3) is 0 Å². The molecule has 42 heavy (non-hydrogen) atoms. The van der Waals surface area contributed by atoms with Crippen LogP contribution < -0.4 is 21.7 Å². The molecular weight excluding hydrogens is 566 g/mol. The van der Waals surface area contributed by atoms with E-state index in [9.17, 15) is 0 Å². The first-order chi connectivity index (χ1) is 20.4. The molecule has 0 aromatic carbocycles. The van der Waals surface area contributed by atoms with Gasteiger partial charge in [0.15, 0.2) is 5.82 Å². The van der Waals surface area contributed by atoms with Crippen molar-refractivity contribution >= 4 is 47.0 Å². The summed E-state index contributed by atoms with van der Waals surface area (Å²) in [5, 5.41) is 11.3. The van der Waals surface area contributed by atoms with Crippen molar-refractivity contribution in [1.82, 2.24) is 25.3 Å². The number of nitrogens with one attached hydrogen (secondary N) is 3. The molecule has 1 saturated heterocycles. The number of rotatable bonds is 12. The molecule has 1 unspecified atom stereocenters. The maximum absolute atomic E-state index is 6.77. The number of halogens is 1. The van der Waals surface area contributed by atoms with Gasteiger partial charge in [0.05, 0.1) is 11.2 Å². The molecule has 5 N–H and O–H groups in total. The Morgan fingerprint density at radius 3 is 2.86 bits per heavy atom. The van der Waals surface area contributed by atoms with E-state index >= 15 is 0 Å². The van der Waals surface area contributed by atoms with Gasteiger partial charge in [-0.3, -0.25) is 9.98 Å². The van der Waals surface area contributed by atoms with Crippen LogP contribution in [0, 0.1) is 11.3 Å². The van der Waals surface area contributed by atoms with E-state index in [1.165, 1.54) is 35.9 Å². The molecule has 1 atom stereocenters. The summed E-state index contributed by atoms with van der Waals surface area (Å²) < 4.78 is 0.